The number of unbranched alkanes of at least 4 members (excludes halogenated alkanes) is 3. The largest absolute Gasteiger partial charge is 0.294 e. The highest BCUT2D eigenvalue weighted by molar-refractivity contribution is 6.00. The summed E-state index contributed by atoms with van der Waals surface area (Å²) in [5, 5.41) is 0. The van der Waals surface area contributed by atoms with Crippen molar-refractivity contribution >= 4 is 5.78 Å². The van der Waals surface area contributed by atoms with Crippen LogP contribution in [0.1, 0.15) is 45.4 Å². The Balaban J connectivity index is 1.61. The Kier molecular flexibility index (Phi) is 2.94. The third-order valence-electron chi connectivity index (χ3n) is 4.83. The molecular formula is C16H22O. The summed E-state index contributed by atoms with van der Waals surface area (Å²) in [7, 11) is 0. The fourth-order valence-corrected chi connectivity index (χ4v) is 3.93. The van der Waals surface area contributed by atoms with Crippen LogP contribution in [0, 0.1) is 23.7 Å². The van der Waals surface area contributed by atoms with E-state index in [2.05, 4.69) is 25.2 Å². The first-order valence-corrected chi connectivity index (χ1v) is 7.24. The maximum absolute atomic E-state index is 12.3. The number of hydrogen-bond acceptors (Lipinski definition) is 1. The van der Waals surface area contributed by atoms with E-state index in [1.165, 1.54) is 32.1 Å². The summed E-state index contributed by atoms with van der Waals surface area (Å²) in [6.07, 6.45) is 14.3. The number of carbonyl (C=O) groups is 1. The van der Waals surface area contributed by atoms with Crippen LogP contribution in [-0.2, 0) is 4.79 Å². The van der Waals surface area contributed by atoms with Gasteiger partial charge in [0.05, 0.1) is 0 Å². The summed E-state index contributed by atoms with van der Waals surface area (Å²) >= 11 is 0. The molecule has 0 aromatic rings. The van der Waals surface area contributed by atoms with E-state index < -0.39 is 0 Å². The lowest BCUT2D eigenvalue weighted by Crippen LogP contribution is -2.21. The van der Waals surface area contributed by atoms with Gasteiger partial charge in [-0.1, -0.05) is 44.4 Å². The molecule has 0 saturated heterocycles. The van der Waals surface area contributed by atoms with Crippen molar-refractivity contribution in [3.63, 3.8) is 0 Å². The predicted octanol–water partition coefficient (Wildman–Crippen LogP) is 3.90. The smallest absolute Gasteiger partial charge is 0.162 e. The van der Waals surface area contributed by atoms with Crippen molar-refractivity contribution in [3.8, 4) is 0 Å². The van der Waals surface area contributed by atoms with E-state index in [1.807, 2.05) is 0 Å². The van der Waals surface area contributed by atoms with Crippen molar-refractivity contribution in [2.75, 3.05) is 0 Å². The Morgan fingerprint density at radius 2 is 2.00 bits per heavy atom. The summed E-state index contributed by atoms with van der Waals surface area (Å²) < 4.78 is 0. The maximum atomic E-state index is 12.3. The van der Waals surface area contributed by atoms with Crippen LogP contribution in [0.5, 0.6) is 0 Å². The molecule has 2 bridgehead atoms. The second-order valence-electron chi connectivity index (χ2n) is 5.92. The third kappa shape index (κ3) is 1.80. The summed E-state index contributed by atoms with van der Waals surface area (Å²) in [6, 6.07) is 0. The number of allylic oxidation sites excluding steroid dienone is 4. The summed E-state index contributed by atoms with van der Waals surface area (Å²) in [5.41, 5.74) is 1.16. The van der Waals surface area contributed by atoms with Gasteiger partial charge in [0, 0.05) is 5.92 Å². The Morgan fingerprint density at radius 3 is 2.76 bits per heavy atom. The molecule has 1 fully saturated rings. The standard InChI is InChI=1S/C16H22O/c1-2-3-4-5-6-13-10-14-11-7-8-12(9-11)15(14)16(13)17/h7-8,10-12,14-15H,2-6,9H2,1H3/t11-,12+,14+,15-/m1/s1. The third-order valence-corrected chi connectivity index (χ3v) is 4.83. The molecule has 3 rings (SSSR count). The Hall–Kier alpha value is -0.850. The van der Waals surface area contributed by atoms with E-state index in [0.29, 0.717) is 29.5 Å². The number of fused-ring (bicyclic) bond motifs is 5. The molecule has 0 N–H and O–H groups in total. The van der Waals surface area contributed by atoms with Crippen LogP contribution < -0.4 is 0 Å². The number of hydrogen-bond donors (Lipinski definition) is 0. The van der Waals surface area contributed by atoms with E-state index in [0.717, 1.165) is 12.0 Å². The first-order chi connectivity index (χ1) is 8.31. The molecule has 0 aromatic carbocycles. The van der Waals surface area contributed by atoms with E-state index >= 15 is 0 Å². The maximum Gasteiger partial charge on any atom is 0.162 e. The van der Waals surface area contributed by atoms with Crippen LogP contribution in [-0.4, -0.2) is 5.78 Å². The molecule has 0 unspecified atom stereocenters. The van der Waals surface area contributed by atoms with Crippen LogP contribution in [0.4, 0.5) is 0 Å². The highest BCUT2D eigenvalue weighted by Gasteiger charge is 2.50. The van der Waals surface area contributed by atoms with Gasteiger partial charge >= 0.3 is 0 Å². The van der Waals surface area contributed by atoms with E-state index in [4.69, 9.17) is 0 Å². The highest BCUT2D eigenvalue weighted by atomic mass is 16.1. The number of carbonyl (C=O) groups excluding carboxylic acids is 1. The van der Waals surface area contributed by atoms with Gasteiger partial charge < -0.3 is 0 Å². The Morgan fingerprint density at radius 1 is 1.18 bits per heavy atom. The fraction of sp³-hybridized carbons (Fsp3) is 0.688. The van der Waals surface area contributed by atoms with Crippen LogP contribution in [0.2, 0.25) is 0 Å². The minimum Gasteiger partial charge on any atom is -0.294 e. The van der Waals surface area contributed by atoms with E-state index in [9.17, 15) is 4.79 Å². The van der Waals surface area contributed by atoms with Crippen molar-refractivity contribution in [1.82, 2.24) is 0 Å². The number of Topliss-reactive ketones (excluding diaryl/α,β-unsaturated/α-hetero) is 1. The zero-order valence-electron chi connectivity index (χ0n) is 10.7. The first kappa shape index (κ1) is 11.3. The molecule has 0 spiro atoms. The number of ketones is 1. The molecule has 17 heavy (non-hydrogen) atoms. The number of rotatable bonds is 5. The van der Waals surface area contributed by atoms with Gasteiger partial charge in [-0.2, -0.15) is 0 Å². The zero-order valence-corrected chi connectivity index (χ0v) is 10.7. The Labute approximate surface area is 104 Å². The molecule has 1 nitrogen and oxygen atoms in total. The van der Waals surface area contributed by atoms with Crippen molar-refractivity contribution < 1.29 is 4.79 Å². The SMILES string of the molecule is CCCCCCC1=C[C@@H]2[C@H](C1=O)[C@H]1C=C[C@@H]2C1. The lowest BCUT2D eigenvalue weighted by atomic mass is 9.85. The molecule has 0 heterocycles. The molecule has 1 heteroatoms. The molecule has 0 radical (unpaired) electrons. The summed E-state index contributed by atoms with van der Waals surface area (Å²) in [5.74, 6) is 2.65. The van der Waals surface area contributed by atoms with Gasteiger partial charge in [0.15, 0.2) is 5.78 Å². The molecule has 3 aliphatic rings. The minimum absolute atomic E-state index is 0.339. The van der Waals surface area contributed by atoms with Crippen LogP contribution in [0.15, 0.2) is 23.8 Å². The van der Waals surface area contributed by atoms with Crippen molar-refractivity contribution in [2.45, 2.75) is 45.4 Å². The van der Waals surface area contributed by atoms with Crippen LogP contribution in [0.3, 0.4) is 0 Å². The van der Waals surface area contributed by atoms with Gasteiger partial charge in [0.1, 0.15) is 0 Å². The molecule has 92 valence electrons. The molecule has 0 aromatic heterocycles. The first-order valence-electron chi connectivity index (χ1n) is 7.24. The monoisotopic (exact) mass is 230 g/mol. The summed E-state index contributed by atoms with van der Waals surface area (Å²) in [6.45, 7) is 2.23. The zero-order chi connectivity index (χ0) is 11.8. The van der Waals surface area contributed by atoms with Gasteiger partial charge in [-0.25, -0.2) is 0 Å². The van der Waals surface area contributed by atoms with Crippen molar-refractivity contribution in [3.05, 3.63) is 23.8 Å². The lowest BCUT2D eigenvalue weighted by Gasteiger charge is -2.17. The highest BCUT2D eigenvalue weighted by Crippen LogP contribution is 2.53. The van der Waals surface area contributed by atoms with E-state index in [-0.39, 0.29) is 0 Å². The van der Waals surface area contributed by atoms with Gasteiger partial charge in [-0.3, -0.25) is 4.79 Å². The van der Waals surface area contributed by atoms with Gasteiger partial charge in [-0.15, -0.1) is 0 Å². The summed E-state index contributed by atoms with van der Waals surface area (Å²) in [4.78, 5) is 12.3. The van der Waals surface area contributed by atoms with Crippen molar-refractivity contribution in [1.29, 1.82) is 0 Å². The normalized spacial score (nSPS) is 37.7. The van der Waals surface area contributed by atoms with E-state index in [1.54, 1.807) is 0 Å². The molecule has 4 atom stereocenters. The molecule has 1 saturated carbocycles. The average Bonchev–Trinajstić information content (AvgIpc) is 2.98. The van der Waals surface area contributed by atoms with Gasteiger partial charge in [-0.05, 0) is 42.6 Å². The molecule has 0 amide bonds. The van der Waals surface area contributed by atoms with Gasteiger partial charge in [0.2, 0.25) is 0 Å². The van der Waals surface area contributed by atoms with Crippen LogP contribution >= 0.6 is 0 Å². The molecular weight excluding hydrogens is 208 g/mol. The Bertz CT molecular complexity index is 377. The topological polar surface area (TPSA) is 17.1 Å². The second-order valence-corrected chi connectivity index (χ2v) is 5.92. The molecule has 3 aliphatic carbocycles. The van der Waals surface area contributed by atoms with Crippen LogP contribution in [0.25, 0.3) is 0 Å². The fourth-order valence-electron chi connectivity index (χ4n) is 3.93. The van der Waals surface area contributed by atoms with Crippen molar-refractivity contribution in [2.24, 2.45) is 23.7 Å². The predicted molar refractivity (Wildman–Crippen MR) is 69.6 cm³/mol. The second kappa shape index (κ2) is 4.44. The quantitative estimate of drug-likeness (QED) is 0.517. The average molecular weight is 230 g/mol. The van der Waals surface area contributed by atoms with Gasteiger partial charge in [0.25, 0.3) is 0 Å². The lowest BCUT2D eigenvalue weighted by molar-refractivity contribution is -0.119. The minimum atomic E-state index is 0.339. The molecule has 0 aliphatic heterocycles.